The molecule has 0 amide bonds. The predicted octanol–water partition coefficient (Wildman–Crippen LogP) is 5.66. The Labute approximate surface area is 178 Å². The van der Waals surface area contributed by atoms with Gasteiger partial charge in [0.05, 0.1) is 5.56 Å². The average molecular weight is 404 g/mol. The standard InChI is InChI=1S/C26H29NO3/c1-3-18-9-11-19(12-10-18)13-23-24(28)22-14-20-15-27(21-7-5-4-6-8-21)16-29-25(20)17(2)26(22)30-23/h9-14,21H,3-8,15-16H2,1-2H3/b23-13-. The molecule has 2 heterocycles. The van der Waals surface area contributed by atoms with E-state index in [2.05, 4.69) is 24.0 Å². The highest BCUT2D eigenvalue weighted by Crippen LogP contribution is 2.43. The van der Waals surface area contributed by atoms with Gasteiger partial charge in [-0.15, -0.1) is 0 Å². The van der Waals surface area contributed by atoms with E-state index in [9.17, 15) is 4.79 Å². The maximum absolute atomic E-state index is 13.1. The minimum Gasteiger partial charge on any atom is -0.477 e. The van der Waals surface area contributed by atoms with Gasteiger partial charge in [-0.3, -0.25) is 9.69 Å². The molecule has 4 heteroatoms. The molecule has 0 bridgehead atoms. The number of allylic oxidation sites excluding steroid dienone is 1. The molecule has 0 saturated heterocycles. The van der Waals surface area contributed by atoms with E-state index in [1.165, 1.54) is 37.7 Å². The van der Waals surface area contributed by atoms with E-state index in [0.29, 0.717) is 29.8 Å². The number of benzene rings is 2. The zero-order valence-corrected chi connectivity index (χ0v) is 17.9. The number of hydrogen-bond donors (Lipinski definition) is 0. The molecule has 0 atom stereocenters. The molecule has 5 rings (SSSR count). The number of ether oxygens (including phenoxy) is 2. The molecule has 4 nitrogen and oxygen atoms in total. The monoisotopic (exact) mass is 403 g/mol. The maximum Gasteiger partial charge on any atom is 0.231 e. The third kappa shape index (κ3) is 3.43. The highest BCUT2D eigenvalue weighted by Gasteiger charge is 2.34. The van der Waals surface area contributed by atoms with Gasteiger partial charge in [0.15, 0.2) is 5.76 Å². The van der Waals surface area contributed by atoms with Crippen molar-refractivity contribution in [1.29, 1.82) is 0 Å². The Morgan fingerprint density at radius 3 is 2.60 bits per heavy atom. The van der Waals surface area contributed by atoms with Crippen LogP contribution < -0.4 is 9.47 Å². The number of fused-ring (bicyclic) bond motifs is 2. The zero-order chi connectivity index (χ0) is 20.7. The molecular weight excluding hydrogens is 374 g/mol. The van der Waals surface area contributed by atoms with Gasteiger partial charge in [-0.1, -0.05) is 50.5 Å². The summed E-state index contributed by atoms with van der Waals surface area (Å²) in [5.74, 6) is 1.90. The van der Waals surface area contributed by atoms with Gasteiger partial charge >= 0.3 is 0 Å². The summed E-state index contributed by atoms with van der Waals surface area (Å²) >= 11 is 0. The summed E-state index contributed by atoms with van der Waals surface area (Å²) in [5.41, 5.74) is 4.96. The topological polar surface area (TPSA) is 38.8 Å². The van der Waals surface area contributed by atoms with E-state index >= 15 is 0 Å². The van der Waals surface area contributed by atoms with Gasteiger partial charge in [0, 0.05) is 23.7 Å². The summed E-state index contributed by atoms with van der Waals surface area (Å²) in [6.07, 6.45) is 9.28. The van der Waals surface area contributed by atoms with Crippen LogP contribution in [-0.2, 0) is 13.0 Å². The van der Waals surface area contributed by atoms with Crippen molar-refractivity contribution in [3.63, 3.8) is 0 Å². The van der Waals surface area contributed by atoms with Crippen molar-refractivity contribution >= 4 is 11.9 Å². The van der Waals surface area contributed by atoms with Crippen molar-refractivity contribution in [3.8, 4) is 11.5 Å². The molecule has 1 fully saturated rings. The molecule has 0 N–H and O–H groups in total. The molecule has 2 aromatic rings. The fourth-order valence-corrected chi connectivity index (χ4v) is 4.95. The lowest BCUT2D eigenvalue weighted by Gasteiger charge is -2.37. The van der Waals surface area contributed by atoms with Gasteiger partial charge in [0.2, 0.25) is 5.78 Å². The Kier molecular flexibility index (Phi) is 5.11. The molecule has 0 unspecified atom stereocenters. The van der Waals surface area contributed by atoms with Crippen LogP contribution >= 0.6 is 0 Å². The van der Waals surface area contributed by atoms with Crippen molar-refractivity contribution in [2.75, 3.05) is 6.73 Å². The van der Waals surface area contributed by atoms with Crippen LogP contribution in [0.4, 0.5) is 0 Å². The number of carbonyl (C=O) groups is 1. The molecule has 1 aliphatic carbocycles. The Balaban J connectivity index is 1.42. The van der Waals surface area contributed by atoms with Crippen LogP contribution in [0.2, 0.25) is 0 Å². The lowest BCUT2D eigenvalue weighted by Crippen LogP contribution is -2.41. The fraction of sp³-hybridized carbons (Fsp3) is 0.423. The van der Waals surface area contributed by atoms with Crippen LogP contribution in [0.5, 0.6) is 11.5 Å². The van der Waals surface area contributed by atoms with E-state index in [-0.39, 0.29) is 5.78 Å². The Morgan fingerprint density at radius 1 is 1.10 bits per heavy atom. The number of nitrogens with zero attached hydrogens (tertiary/aromatic N) is 1. The molecule has 1 saturated carbocycles. The van der Waals surface area contributed by atoms with Crippen LogP contribution in [0.3, 0.4) is 0 Å². The third-order valence-corrected chi connectivity index (χ3v) is 6.74. The van der Waals surface area contributed by atoms with Crippen LogP contribution in [-0.4, -0.2) is 23.5 Å². The third-order valence-electron chi connectivity index (χ3n) is 6.74. The summed E-state index contributed by atoms with van der Waals surface area (Å²) in [4.78, 5) is 15.5. The lowest BCUT2D eigenvalue weighted by atomic mass is 9.93. The minimum atomic E-state index is -0.0368. The smallest absolute Gasteiger partial charge is 0.231 e. The van der Waals surface area contributed by atoms with E-state index in [1.54, 1.807) is 0 Å². The first-order chi connectivity index (χ1) is 14.6. The van der Waals surface area contributed by atoms with Gasteiger partial charge in [-0.05, 0) is 49.5 Å². The number of aryl methyl sites for hydroxylation is 1. The SMILES string of the molecule is CCc1ccc(/C=C2\Oc3c(cc4c(c3C)OCN(C3CCCCC3)C4)C2=O)cc1. The highest BCUT2D eigenvalue weighted by atomic mass is 16.5. The first kappa shape index (κ1) is 19.4. The quantitative estimate of drug-likeness (QED) is 0.620. The summed E-state index contributed by atoms with van der Waals surface area (Å²) < 4.78 is 12.2. The van der Waals surface area contributed by atoms with Gasteiger partial charge in [-0.2, -0.15) is 0 Å². The minimum absolute atomic E-state index is 0.0368. The van der Waals surface area contributed by atoms with Gasteiger partial charge in [-0.25, -0.2) is 0 Å². The largest absolute Gasteiger partial charge is 0.477 e. The van der Waals surface area contributed by atoms with Gasteiger partial charge < -0.3 is 9.47 Å². The van der Waals surface area contributed by atoms with Crippen LogP contribution in [0.15, 0.2) is 36.1 Å². The zero-order valence-electron chi connectivity index (χ0n) is 17.9. The lowest BCUT2D eigenvalue weighted by molar-refractivity contribution is 0.0397. The highest BCUT2D eigenvalue weighted by molar-refractivity contribution is 6.15. The average Bonchev–Trinajstić information content (AvgIpc) is 3.10. The number of rotatable bonds is 3. The van der Waals surface area contributed by atoms with E-state index in [1.807, 2.05) is 31.2 Å². The second kappa shape index (κ2) is 7.92. The summed E-state index contributed by atoms with van der Waals surface area (Å²) in [7, 11) is 0. The number of ketones is 1. The molecule has 0 aromatic heterocycles. The van der Waals surface area contributed by atoms with Crippen LogP contribution in [0.25, 0.3) is 6.08 Å². The normalized spacial score (nSPS) is 20.6. The van der Waals surface area contributed by atoms with Gasteiger partial charge in [0.25, 0.3) is 0 Å². The maximum atomic E-state index is 13.1. The van der Waals surface area contributed by atoms with Crippen molar-refractivity contribution < 1.29 is 14.3 Å². The Hall–Kier alpha value is -2.59. The molecule has 0 spiro atoms. The van der Waals surface area contributed by atoms with Crippen LogP contribution in [0, 0.1) is 6.92 Å². The predicted molar refractivity (Wildman–Crippen MR) is 118 cm³/mol. The summed E-state index contributed by atoms with van der Waals surface area (Å²) in [6.45, 7) is 5.60. The molecule has 156 valence electrons. The molecule has 2 aliphatic heterocycles. The van der Waals surface area contributed by atoms with Crippen molar-refractivity contribution in [2.45, 2.75) is 65.0 Å². The van der Waals surface area contributed by atoms with E-state index in [0.717, 1.165) is 35.4 Å². The molecule has 3 aliphatic rings. The van der Waals surface area contributed by atoms with E-state index in [4.69, 9.17) is 9.47 Å². The molecule has 30 heavy (non-hydrogen) atoms. The number of Topliss-reactive ketones (excluding diaryl/α,β-unsaturated/α-hetero) is 1. The second-order valence-electron chi connectivity index (χ2n) is 8.71. The summed E-state index contributed by atoms with van der Waals surface area (Å²) in [6, 6.07) is 10.8. The first-order valence-corrected chi connectivity index (χ1v) is 11.2. The fourth-order valence-electron chi connectivity index (χ4n) is 4.95. The van der Waals surface area contributed by atoms with Gasteiger partial charge in [0.1, 0.15) is 18.2 Å². The summed E-state index contributed by atoms with van der Waals surface area (Å²) in [5, 5.41) is 0. The molecular formula is C26H29NO3. The molecule has 0 radical (unpaired) electrons. The second-order valence-corrected chi connectivity index (χ2v) is 8.71. The van der Waals surface area contributed by atoms with Crippen molar-refractivity contribution in [3.05, 3.63) is 63.9 Å². The number of carbonyl (C=O) groups excluding carboxylic acids is 1. The molecule has 2 aromatic carbocycles. The van der Waals surface area contributed by atoms with E-state index < -0.39 is 0 Å². The van der Waals surface area contributed by atoms with Crippen LogP contribution in [0.1, 0.15) is 71.6 Å². The van der Waals surface area contributed by atoms with Crippen molar-refractivity contribution in [1.82, 2.24) is 4.90 Å². The Bertz CT molecular complexity index is 1000. The van der Waals surface area contributed by atoms with Crippen molar-refractivity contribution in [2.24, 2.45) is 0 Å². The first-order valence-electron chi connectivity index (χ1n) is 11.2. The Morgan fingerprint density at radius 2 is 1.87 bits per heavy atom. The number of hydrogen-bond acceptors (Lipinski definition) is 4.